The predicted octanol–water partition coefficient (Wildman–Crippen LogP) is 0.954. The molecule has 1 aromatic rings. The molecule has 1 saturated heterocycles. The lowest BCUT2D eigenvalue weighted by Gasteiger charge is -2.18. The van der Waals surface area contributed by atoms with Gasteiger partial charge in [-0.3, -0.25) is 9.69 Å². The molecule has 0 radical (unpaired) electrons. The van der Waals surface area contributed by atoms with E-state index in [0.717, 1.165) is 39.0 Å². The van der Waals surface area contributed by atoms with Gasteiger partial charge in [0.1, 0.15) is 0 Å². The fourth-order valence-electron chi connectivity index (χ4n) is 2.94. The molecule has 0 bridgehead atoms. The van der Waals surface area contributed by atoms with Gasteiger partial charge in [-0.25, -0.2) is 0 Å². The van der Waals surface area contributed by atoms with Crippen LogP contribution in [0.5, 0.6) is 0 Å². The third-order valence-corrected chi connectivity index (χ3v) is 4.16. The molecule has 0 spiro atoms. The van der Waals surface area contributed by atoms with Crippen LogP contribution in [0.15, 0.2) is 30.3 Å². The van der Waals surface area contributed by atoms with Gasteiger partial charge in [-0.1, -0.05) is 30.3 Å². The second-order valence-corrected chi connectivity index (χ2v) is 5.81. The van der Waals surface area contributed by atoms with E-state index in [1.54, 1.807) is 0 Å². The summed E-state index contributed by atoms with van der Waals surface area (Å²) in [6.07, 6.45) is 2.21. The number of nitrogens with zero attached hydrogens (tertiary/aromatic N) is 1. The van der Waals surface area contributed by atoms with Crippen LogP contribution in [0.1, 0.15) is 24.3 Å². The van der Waals surface area contributed by atoms with Gasteiger partial charge in [0.25, 0.3) is 0 Å². The Morgan fingerprint density at radius 2 is 2.10 bits per heavy atom. The zero-order valence-electron chi connectivity index (χ0n) is 11.8. The molecule has 108 valence electrons. The van der Waals surface area contributed by atoms with Crippen LogP contribution in [0.2, 0.25) is 0 Å². The van der Waals surface area contributed by atoms with E-state index in [-0.39, 0.29) is 5.91 Å². The Morgan fingerprint density at radius 1 is 1.25 bits per heavy atom. The van der Waals surface area contributed by atoms with Gasteiger partial charge in [-0.15, -0.1) is 0 Å². The molecule has 4 heteroatoms. The van der Waals surface area contributed by atoms with Crippen LogP contribution in [0.3, 0.4) is 0 Å². The van der Waals surface area contributed by atoms with Gasteiger partial charge in [0, 0.05) is 25.0 Å². The fourth-order valence-corrected chi connectivity index (χ4v) is 2.94. The summed E-state index contributed by atoms with van der Waals surface area (Å²) >= 11 is 0. The van der Waals surface area contributed by atoms with Crippen molar-refractivity contribution >= 4 is 5.91 Å². The molecule has 2 fully saturated rings. The molecule has 3 rings (SSSR count). The number of carbonyl (C=O) groups excluding carboxylic acids is 1. The number of nitrogens with one attached hydrogen (secondary N) is 2. The van der Waals surface area contributed by atoms with Crippen molar-refractivity contribution in [3.63, 3.8) is 0 Å². The van der Waals surface area contributed by atoms with E-state index in [4.69, 9.17) is 0 Å². The molecular formula is C16H23N3O. The molecule has 1 heterocycles. The highest BCUT2D eigenvalue weighted by Crippen LogP contribution is 2.40. The van der Waals surface area contributed by atoms with Crippen LogP contribution in [0, 0.1) is 0 Å². The molecule has 1 aliphatic heterocycles. The summed E-state index contributed by atoms with van der Waals surface area (Å²) in [7, 11) is 0. The Kier molecular flexibility index (Phi) is 4.33. The number of rotatable bonds is 4. The van der Waals surface area contributed by atoms with Gasteiger partial charge >= 0.3 is 0 Å². The molecule has 1 aromatic carbocycles. The van der Waals surface area contributed by atoms with E-state index in [2.05, 4.69) is 39.8 Å². The van der Waals surface area contributed by atoms with Crippen molar-refractivity contribution < 1.29 is 4.79 Å². The molecule has 2 aliphatic rings. The van der Waals surface area contributed by atoms with Crippen molar-refractivity contribution in [3.05, 3.63) is 35.9 Å². The van der Waals surface area contributed by atoms with Crippen molar-refractivity contribution in [1.29, 1.82) is 0 Å². The van der Waals surface area contributed by atoms with Crippen LogP contribution in [0.25, 0.3) is 0 Å². The lowest BCUT2D eigenvalue weighted by molar-refractivity contribution is -0.122. The highest BCUT2D eigenvalue weighted by molar-refractivity contribution is 5.79. The van der Waals surface area contributed by atoms with Crippen molar-refractivity contribution in [1.82, 2.24) is 15.5 Å². The number of hydrogen-bond donors (Lipinski definition) is 2. The van der Waals surface area contributed by atoms with Crippen LogP contribution in [0.4, 0.5) is 0 Å². The highest BCUT2D eigenvalue weighted by Gasteiger charge is 2.39. The molecule has 2 atom stereocenters. The molecular weight excluding hydrogens is 250 g/mol. The van der Waals surface area contributed by atoms with Gasteiger partial charge < -0.3 is 10.6 Å². The van der Waals surface area contributed by atoms with Crippen molar-refractivity contribution in [2.45, 2.75) is 24.8 Å². The first-order chi connectivity index (χ1) is 9.83. The predicted molar refractivity (Wildman–Crippen MR) is 79.7 cm³/mol. The minimum absolute atomic E-state index is 0.176. The van der Waals surface area contributed by atoms with E-state index < -0.39 is 0 Å². The molecule has 2 N–H and O–H groups in total. The summed E-state index contributed by atoms with van der Waals surface area (Å²) in [6.45, 7) is 4.59. The number of benzene rings is 1. The number of hydrogen-bond acceptors (Lipinski definition) is 3. The lowest BCUT2D eigenvalue weighted by atomic mass is 10.1. The maximum atomic E-state index is 12.1. The Bertz CT molecular complexity index is 440. The lowest BCUT2D eigenvalue weighted by Crippen LogP contribution is -2.40. The molecule has 20 heavy (non-hydrogen) atoms. The highest BCUT2D eigenvalue weighted by atomic mass is 16.2. The smallest absolute Gasteiger partial charge is 0.234 e. The second kappa shape index (κ2) is 6.37. The summed E-state index contributed by atoms with van der Waals surface area (Å²) in [5.41, 5.74) is 1.34. The number of carbonyl (C=O) groups is 1. The normalized spacial score (nSPS) is 26.8. The summed E-state index contributed by atoms with van der Waals surface area (Å²) in [6, 6.07) is 10.8. The maximum absolute atomic E-state index is 12.1. The summed E-state index contributed by atoms with van der Waals surface area (Å²) in [5.74, 6) is 0.696. The van der Waals surface area contributed by atoms with Gasteiger partial charge in [-0.05, 0) is 31.5 Å². The third-order valence-electron chi connectivity index (χ3n) is 4.16. The van der Waals surface area contributed by atoms with E-state index >= 15 is 0 Å². The molecule has 1 amide bonds. The molecule has 1 saturated carbocycles. The zero-order valence-corrected chi connectivity index (χ0v) is 11.8. The van der Waals surface area contributed by atoms with Crippen LogP contribution in [-0.4, -0.2) is 49.6 Å². The minimum Gasteiger partial charge on any atom is -0.352 e. The quantitative estimate of drug-likeness (QED) is 0.858. The summed E-state index contributed by atoms with van der Waals surface area (Å²) < 4.78 is 0. The fraction of sp³-hybridized carbons (Fsp3) is 0.562. The van der Waals surface area contributed by atoms with Crippen molar-refractivity contribution in [2.24, 2.45) is 0 Å². The Hall–Kier alpha value is -1.39. The molecule has 2 unspecified atom stereocenters. The van der Waals surface area contributed by atoms with Gasteiger partial charge in [0.15, 0.2) is 0 Å². The first kappa shape index (κ1) is 13.6. The van der Waals surface area contributed by atoms with Gasteiger partial charge in [-0.2, -0.15) is 0 Å². The summed E-state index contributed by atoms with van der Waals surface area (Å²) in [4.78, 5) is 14.3. The molecule has 4 nitrogen and oxygen atoms in total. The van der Waals surface area contributed by atoms with Crippen LogP contribution in [-0.2, 0) is 4.79 Å². The topological polar surface area (TPSA) is 44.4 Å². The maximum Gasteiger partial charge on any atom is 0.234 e. The van der Waals surface area contributed by atoms with Crippen molar-refractivity contribution in [3.8, 4) is 0 Å². The van der Waals surface area contributed by atoms with E-state index in [0.29, 0.717) is 18.5 Å². The molecule has 0 aromatic heterocycles. The largest absolute Gasteiger partial charge is 0.352 e. The van der Waals surface area contributed by atoms with E-state index in [9.17, 15) is 4.79 Å². The Morgan fingerprint density at radius 3 is 2.95 bits per heavy atom. The Balaban J connectivity index is 1.44. The number of amides is 1. The third kappa shape index (κ3) is 3.58. The van der Waals surface area contributed by atoms with Crippen molar-refractivity contribution in [2.75, 3.05) is 32.7 Å². The van der Waals surface area contributed by atoms with E-state index in [1.807, 2.05) is 6.07 Å². The van der Waals surface area contributed by atoms with E-state index in [1.165, 1.54) is 5.56 Å². The van der Waals surface area contributed by atoms with Crippen LogP contribution < -0.4 is 10.6 Å². The first-order valence-corrected chi connectivity index (χ1v) is 7.60. The van der Waals surface area contributed by atoms with Gasteiger partial charge in [0.2, 0.25) is 5.91 Å². The van der Waals surface area contributed by atoms with Crippen LogP contribution >= 0.6 is 0 Å². The van der Waals surface area contributed by atoms with Gasteiger partial charge in [0.05, 0.1) is 6.54 Å². The average Bonchev–Trinajstić information content (AvgIpc) is 3.24. The first-order valence-electron chi connectivity index (χ1n) is 7.60. The second-order valence-electron chi connectivity index (χ2n) is 5.81. The minimum atomic E-state index is 0.176. The summed E-state index contributed by atoms with van der Waals surface area (Å²) in [5, 5.41) is 6.53. The molecule has 1 aliphatic carbocycles. The zero-order chi connectivity index (χ0) is 13.8. The Labute approximate surface area is 120 Å². The monoisotopic (exact) mass is 273 g/mol. The SMILES string of the molecule is O=C(CN1CCCNCC1)NC1CC1c1ccccc1. The standard InChI is InChI=1S/C16H23N3O/c20-16(12-19-9-4-7-17-8-10-19)18-15-11-14(15)13-5-2-1-3-6-13/h1-3,5-6,14-15,17H,4,7-12H2,(H,18,20). The average molecular weight is 273 g/mol.